The molecule has 0 saturated heterocycles. The molecule has 3 heteroatoms. The fraction of sp³-hybridized carbons (Fsp3) is 0.611. The smallest absolute Gasteiger partial charge is 0.348 e. The average molecular weight is 308 g/mol. The molecular weight excluding hydrogens is 280 g/mol. The quantitative estimate of drug-likeness (QED) is 0.559. The van der Waals surface area contributed by atoms with Crippen LogP contribution in [0.1, 0.15) is 74.5 Å². The zero-order valence-corrected chi connectivity index (χ0v) is 15.2. The Hall–Kier alpha value is -1.27. The van der Waals surface area contributed by atoms with Crippen LogP contribution in [0.2, 0.25) is 0 Å². The summed E-state index contributed by atoms with van der Waals surface area (Å²) in [4.78, 5) is 13.1. The Bertz CT molecular complexity index is 494. The Morgan fingerprint density at radius 3 is 2.19 bits per heavy atom. The maximum absolute atomic E-state index is 11.5. The van der Waals surface area contributed by atoms with Crippen LogP contribution in [-0.4, -0.2) is 13.1 Å². The highest BCUT2D eigenvalue weighted by molar-refractivity contribution is 7.14. The third kappa shape index (κ3) is 7.92. The fourth-order valence-electron chi connectivity index (χ4n) is 1.27. The molecule has 0 bridgehead atoms. The summed E-state index contributed by atoms with van der Waals surface area (Å²) in [5, 5.41) is 0. The Balaban J connectivity index is 0.000000885. The average Bonchev–Trinajstić information content (AvgIpc) is 2.87. The number of ether oxygens (including phenoxy) is 1. The molecule has 0 radical (unpaired) electrons. The summed E-state index contributed by atoms with van der Waals surface area (Å²) in [6.07, 6.45) is 3.46. The summed E-state index contributed by atoms with van der Waals surface area (Å²) >= 11 is 1.41. The maximum atomic E-state index is 11.5. The normalized spacial score (nSPS) is 10.0. The van der Waals surface area contributed by atoms with Gasteiger partial charge >= 0.3 is 5.97 Å². The monoisotopic (exact) mass is 308 g/mol. The molecule has 0 saturated carbocycles. The van der Waals surface area contributed by atoms with Crippen LogP contribution in [0.4, 0.5) is 0 Å². The van der Waals surface area contributed by atoms with E-state index in [0.29, 0.717) is 4.88 Å². The van der Waals surface area contributed by atoms with Crippen molar-refractivity contribution in [1.29, 1.82) is 0 Å². The molecule has 1 aromatic rings. The summed E-state index contributed by atoms with van der Waals surface area (Å²) < 4.78 is 4.76. The Labute approximate surface area is 133 Å². The van der Waals surface area contributed by atoms with Crippen molar-refractivity contribution in [3.8, 4) is 11.8 Å². The van der Waals surface area contributed by atoms with Gasteiger partial charge in [-0.05, 0) is 38.8 Å². The zero-order valence-electron chi connectivity index (χ0n) is 14.4. The van der Waals surface area contributed by atoms with Crippen LogP contribution in [0, 0.1) is 17.3 Å². The van der Waals surface area contributed by atoms with Gasteiger partial charge in [-0.15, -0.1) is 11.3 Å². The van der Waals surface area contributed by atoms with Gasteiger partial charge in [0.1, 0.15) is 4.88 Å². The molecule has 2 nitrogen and oxygen atoms in total. The van der Waals surface area contributed by atoms with Crippen LogP contribution >= 0.6 is 11.3 Å². The maximum Gasteiger partial charge on any atom is 0.348 e. The second-order valence-corrected chi connectivity index (χ2v) is 6.86. The van der Waals surface area contributed by atoms with E-state index >= 15 is 0 Å². The highest BCUT2D eigenvalue weighted by Gasteiger charge is 2.15. The zero-order chi connectivity index (χ0) is 16.5. The van der Waals surface area contributed by atoms with Crippen molar-refractivity contribution in [2.75, 3.05) is 7.11 Å². The van der Waals surface area contributed by atoms with Crippen LogP contribution in [0.25, 0.3) is 0 Å². The standard InChI is InChI=1S/C14H18O2S.C4H10/c1-6-10-9-11(7-8-14(2,3)4)17-12(10)13(15)16-5;1-3-4-2/h9H,6H2,1-5H3;3-4H2,1-2H3. The van der Waals surface area contributed by atoms with Crippen LogP contribution in [-0.2, 0) is 11.2 Å². The largest absolute Gasteiger partial charge is 0.465 e. The van der Waals surface area contributed by atoms with Crippen molar-refractivity contribution in [3.63, 3.8) is 0 Å². The molecule has 118 valence electrons. The summed E-state index contributed by atoms with van der Waals surface area (Å²) in [6.45, 7) is 12.6. The molecule has 0 fully saturated rings. The number of methoxy groups -OCH3 is 1. The van der Waals surface area contributed by atoms with E-state index in [1.807, 2.05) is 13.0 Å². The second kappa shape index (κ2) is 9.63. The fourth-order valence-corrected chi connectivity index (χ4v) is 2.29. The highest BCUT2D eigenvalue weighted by Crippen LogP contribution is 2.24. The number of hydrogen-bond acceptors (Lipinski definition) is 3. The van der Waals surface area contributed by atoms with Crippen molar-refractivity contribution >= 4 is 17.3 Å². The summed E-state index contributed by atoms with van der Waals surface area (Å²) in [6, 6.07) is 1.98. The first-order valence-electron chi connectivity index (χ1n) is 7.53. The van der Waals surface area contributed by atoms with E-state index in [1.54, 1.807) is 0 Å². The van der Waals surface area contributed by atoms with Gasteiger partial charge in [-0.3, -0.25) is 0 Å². The topological polar surface area (TPSA) is 26.3 Å². The molecule has 1 heterocycles. The van der Waals surface area contributed by atoms with Gasteiger partial charge in [0.2, 0.25) is 0 Å². The van der Waals surface area contributed by atoms with E-state index in [0.717, 1.165) is 16.9 Å². The molecule has 0 amide bonds. The van der Waals surface area contributed by atoms with Gasteiger partial charge in [-0.25, -0.2) is 4.79 Å². The van der Waals surface area contributed by atoms with Crippen LogP contribution in [0.5, 0.6) is 0 Å². The molecule has 1 aromatic heterocycles. The summed E-state index contributed by atoms with van der Waals surface area (Å²) in [5.74, 6) is 6.02. The van der Waals surface area contributed by atoms with Crippen LogP contribution in [0.3, 0.4) is 0 Å². The molecule has 21 heavy (non-hydrogen) atoms. The molecule has 0 N–H and O–H groups in total. The minimum Gasteiger partial charge on any atom is -0.465 e. The molecule has 0 aliphatic rings. The minimum atomic E-state index is -0.268. The van der Waals surface area contributed by atoms with Crippen LogP contribution in [0.15, 0.2) is 6.07 Å². The third-order valence-corrected chi connectivity index (χ3v) is 3.69. The summed E-state index contributed by atoms with van der Waals surface area (Å²) in [7, 11) is 1.40. The van der Waals surface area contributed by atoms with Crippen LogP contribution < -0.4 is 0 Å². The molecular formula is C18H28O2S. The van der Waals surface area contributed by atoms with E-state index in [4.69, 9.17) is 4.74 Å². The third-order valence-electron chi connectivity index (χ3n) is 2.62. The number of hydrogen-bond donors (Lipinski definition) is 0. The molecule has 0 aliphatic heterocycles. The number of esters is 1. The highest BCUT2D eigenvalue weighted by atomic mass is 32.1. The minimum absolute atomic E-state index is 0.0260. The summed E-state index contributed by atoms with van der Waals surface area (Å²) in [5.41, 5.74) is 0.988. The predicted molar refractivity (Wildman–Crippen MR) is 92.0 cm³/mol. The Morgan fingerprint density at radius 1 is 1.24 bits per heavy atom. The Kier molecular flexibility index (Phi) is 9.05. The first-order valence-corrected chi connectivity index (χ1v) is 8.34. The van der Waals surface area contributed by atoms with Gasteiger partial charge in [0.15, 0.2) is 0 Å². The number of unbranched alkanes of at least 4 members (excludes halogenated alkanes) is 1. The van der Waals surface area contributed by atoms with E-state index in [1.165, 1.54) is 31.3 Å². The van der Waals surface area contributed by atoms with Gasteiger partial charge in [0.25, 0.3) is 0 Å². The number of carbonyl (C=O) groups is 1. The van der Waals surface area contributed by atoms with Crippen molar-refractivity contribution in [2.24, 2.45) is 5.41 Å². The molecule has 0 aromatic carbocycles. The lowest BCUT2D eigenvalue weighted by Gasteiger charge is -2.06. The van der Waals surface area contributed by atoms with E-state index < -0.39 is 0 Å². The lowest BCUT2D eigenvalue weighted by molar-refractivity contribution is 0.0605. The molecule has 1 rings (SSSR count). The lowest BCUT2D eigenvalue weighted by Crippen LogP contribution is -2.00. The van der Waals surface area contributed by atoms with E-state index in [9.17, 15) is 4.79 Å². The first-order chi connectivity index (χ1) is 9.78. The molecule has 0 spiro atoms. The molecule has 0 aliphatic carbocycles. The van der Waals surface area contributed by atoms with Gasteiger partial charge in [0.05, 0.1) is 12.0 Å². The van der Waals surface area contributed by atoms with E-state index in [-0.39, 0.29) is 11.4 Å². The second-order valence-electron chi connectivity index (χ2n) is 5.81. The Morgan fingerprint density at radius 2 is 1.81 bits per heavy atom. The van der Waals surface area contributed by atoms with Gasteiger partial charge < -0.3 is 4.74 Å². The number of thiophene rings is 1. The predicted octanol–water partition coefficient (Wildman–Crippen LogP) is 5.30. The number of rotatable bonds is 3. The lowest BCUT2D eigenvalue weighted by atomic mass is 9.98. The van der Waals surface area contributed by atoms with Crippen molar-refractivity contribution in [2.45, 2.75) is 60.8 Å². The van der Waals surface area contributed by atoms with Crippen molar-refractivity contribution < 1.29 is 9.53 Å². The molecule has 0 unspecified atom stereocenters. The van der Waals surface area contributed by atoms with Crippen molar-refractivity contribution in [1.82, 2.24) is 0 Å². The molecule has 0 atom stereocenters. The first kappa shape index (κ1) is 19.7. The number of aryl methyl sites for hydroxylation is 1. The van der Waals surface area contributed by atoms with Gasteiger partial charge in [-0.1, -0.05) is 45.5 Å². The SMILES string of the molecule is CCCC.CCc1cc(C#CC(C)(C)C)sc1C(=O)OC. The van der Waals surface area contributed by atoms with Gasteiger partial charge in [0, 0.05) is 5.41 Å². The van der Waals surface area contributed by atoms with Crippen molar-refractivity contribution in [3.05, 3.63) is 21.4 Å². The number of carbonyl (C=O) groups excluding carboxylic acids is 1. The van der Waals surface area contributed by atoms with Gasteiger partial charge in [-0.2, -0.15) is 0 Å². The van der Waals surface area contributed by atoms with E-state index in [2.05, 4.69) is 46.5 Å².